The summed E-state index contributed by atoms with van der Waals surface area (Å²) >= 11 is 0. The third kappa shape index (κ3) is 3.79. The van der Waals surface area contributed by atoms with E-state index < -0.39 is 0 Å². The van der Waals surface area contributed by atoms with Crippen LogP contribution in [0.3, 0.4) is 0 Å². The van der Waals surface area contributed by atoms with E-state index in [4.69, 9.17) is 9.47 Å². The normalized spacial score (nSPS) is 13.6. The Morgan fingerprint density at radius 3 is 2.54 bits per heavy atom. The van der Waals surface area contributed by atoms with E-state index in [0.717, 1.165) is 18.7 Å². The van der Waals surface area contributed by atoms with Crippen LogP contribution in [0.25, 0.3) is 0 Å². The smallest absolute Gasteiger partial charge is 0.264 e. The molecule has 0 saturated carbocycles. The zero-order valence-corrected chi connectivity index (χ0v) is 15.0. The van der Waals surface area contributed by atoms with Crippen LogP contribution in [0.15, 0.2) is 48.5 Å². The van der Waals surface area contributed by atoms with Crippen LogP contribution in [-0.4, -0.2) is 39.1 Å². The molecular formula is C20H22N2O4. The van der Waals surface area contributed by atoms with Crippen LogP contribution < -0.4 is 19.3 Å². The number of carbonyl (C=O) groups is 2. The van der Waals surface area contributed by atoms with Crippen molar-refractivity contribution in [1.82, 2.24) is 0 Å². The molecule has 0 aromatic heterocycles. The number of hydrogen-bond donors (Lipinski definition) is 0. The monoisotopic (exact) mass is 354 g/mol. The second-order valence-electron chi connectivity index (χ2n) is 6.06. The maximum atomic E-state index is 12.4. The highest BCUT2D eigenvalue weighted by Gasteiger charge is 2.21. The minimum absolute atomic E-state index is 0.0868. The molecule has 0 radical (unpaired) electrons. The van der Waals surface area contributed by atoms with Crippen molar-refractivity contribution in [3.05, 3.63) is 48.5 Å². The van der Waals surface area contributed by atoms with Gasteiger partial charge in [-0.25, -0.2) is 0 Å². The Labute approximate surface area is 152 Å². The summed E-state index contributed by atoms with van der Waals surface area (Å²) in [5, 5.41) is 0. The van der Waals surface area contributed by atoms with Crippen LogP contribution in [0.4, 0.5) is 11.4 Å². The fraction of sp³-hybridized carbons (Fsp3) is 0.300. The van der Waals surface area contributed by atoms with E-state index in [1.165, 1.54) is 4.90 Å². The average Bonchev–Trinajstić information content (AvgIpc) is 3.11. The van der Waals surface area contributed by atoms with Crippen molar-refractivity contribution >= 4 is 23.2 Å². The Balaban J connectivity index is 1.59. The van der Waals surface area contributed by atoms with Crippen LogP contribution in [0.5, 0.6) is 11.5 Å². The van der Waals surface area contributed by atoms with E-state index >= 15 is 0 Å². The van der Waals surface area contributed by atoms with Crippen molar-refractivity contribution in [3.8, 4) is 11.5 Å². The van der Waals surface area contributed by atoms with Gasteiger partial charge in [-0.1, -0.05) is 12.1 Å². The lowest BCUT2D eigenvalue weighted by Crippen LogP contribution is -2.31. The summed E-state index contributed by atoms with van der Waals surface area (Å²) in [6, 6.07) is 14.6. The first-order valence-electron chi connectivity index (χ1n) is 8.53. The number of para-hydroxylation sites is 2. The maximum Gasteiger partial charge on any atom is 0.264 e. The molecular weight excluding hydrogens is 332 g/mol. The van der Waals surface area contributed by atoms with Gasteiger partial charge in [0.1, 0.15) is 11.5 Å². The molecule has 0 N–H and O–H groups in total. The topological polar surface area (TPSA) is 59.1 Å². The maximum absolute atomic E-state index is 12.4. The Kier molecular flexibility index (Phi) is 5.41. The number of anilines is 2. The van der Waals surface area contributed by atoms with E-state index in [9.17, 15) is 9.59 Å². The van der Waals surface area contributed by atoms with Gasteiger partial charge in [0.15, 0.2) is 6.61 Å². The van der Waals surface area contributed by atoms with Crippen LogP contribution >= 0.6 is 0 Å². The second-order valence-corrected chi connectivity index (χ2v) is 6.06. The highest BCUT2D eigenvalue weighted by molar-refractivity contribution is 5.96. The molecule has 0 aliphatic carbocycles. The van der Waals surface area contributed by atoms with Crippen LogP contribution in [0.2, 0.25) is 0 Å². The van der Waals surface area contributed by atoms with Gasteiger partial charge in [0, 0.05) is 25.7 Å². The first-order chi connectivity index (χ1) is 12.6. The number of ether oxygens (including phenoxy) is 2. The number of methoxy groups -OCH3 is 1. The molecule has 3 rings (SSSR count). The summed E-state index contributed by atoms with van der Waals surface area (Å²) in [7, 11) is 3.26. The number of rotatable bonds is 6. The minimum atomic E-state index is -0.187. The Bertz CT molecular complexity index is 789. The van der Waals surface area contributed by atoms with Gasteiger partial charge < -0.3 is 19.3 Å². The van der Waals surface area contributed by atoms with E-state index in [0.29, 0.717) is 23.6 Å². The third-order valence-corrected chi connectivity index (χ3v) is 4.40. The van der Waals surface area contributed by atoms with E-state index in [2.05, 4.69) is 0 Å². The van der Waals surface area contributed by atoms with Crippen molar-refractivity contribution in [2.45, 2.75) is 12.8 Å². The van der Waals surface area contributed by atoms with Gasteiger partial charge >= 0.3 is 0 Å². The highest BCUT2D eigenvalue weighted by Crippen LogP contribution is 2.27. The van der Waals surface area contributed by atoms with Gasteiger partial charge in [0.2, 0.25) is 5.91 Å². The lowest BCUT2D eigenvalue weighted by molar-refractivity contribution is -0.120. The van der Waals surface area contributed by atoms with Crippen molar-refractivity contribution in [2.24, 2.45) is 0 Å². The van der Waals surface area contributed by atoms with Gasteiger partial charge in [-0.15, -0.1) is 0 Å². The number of carbonyl (C=O) groups excluding carboxylic acids is 2. The number of likely N-dealkylation sites (N-methyl/N-ethyl adjacent to an activating group) is 1. The second kappa shape index (κ2) is 7.91. The van der Waals surface area contributed by atoms with Gasteiger partial charge in [0.25, 0.3) is 5.91 Å². The molecule has 1 saturated heterocycles. The lowest BCUT2D eigenvalue weighted by atomic mass is 10.2. The van der Waals surface area contributed by atoms with Crippen LogP contribution in [-0.2, 0) is 9.59 Å². The van der Waals surface area contributed by atoms with E-state index in [-0.39, 0.29) is 18.4 Å². The molecule has 136 valence electrons. The van der Waals surface area contributed by atoms with Crippen molar-refractivity contribution in [2.75, 3.05) is 37.1 Å². The lowest BCUT2D eigenvalue weighted by Gasteiger charge is -2.20. The fourth-order valence-corrected chi connectivity index (χ4v) is 2.93. The predicted molar refractivity (Wildman–Crippen MR) is 99.9 cm³/mol. The quantitative estimate of drug-likeness (QED) is 0.800. The fourth-order valence-electron chi connectivity index (χ4n) is 2.93. The highest BCUT2D eigenvalue weighted by atomic mass is 16.5. The number of benzene rings is 2. The average molecular weight is 354 g/mol. The largest absolute Gasteiger partial charge is 0.495 e. The number of hydrogen-bond acceptors (Lipinski definition) is 4. The van der Waals surface area contributed by atoms with Crippen LogP contribution in [0, 0.1) is 0 Å². The summed E-state index contributed by atoms with van der Waals surface area (Å²) in [5.74, 6) is 1.17. The Morgan fingerprint density at radius 1 is 1.15 bits per heavy atom. The van der Waals surface area contributed by atoms with Gasteiger partial charge in [-0.2, -0.15) is 0 Å². The molecule has 1 aliphatic heterocycles. The molecule has 1 heterocycles. The number of nitrogens with zero attached hydrogens (tertiary/aromatic N) is 2. The van der Waals surface area contributed by atoms with Crippen molar-refractivity contribution in [1.29, 1.82) is 0 Å². The summed E-state index contributed by atoms with van der Waals surface area (Å²) in [6.45, 7) is 0.664. The zero-order valence-electron chi connectivity index (χ0n) is 15.0. The predicted octanol–water partition coefficient (Wildman–Crippen LogP) is 2.86. The summed E-state index contributed by atoms with van der Waals surface area (Å²) in [4.78, 5) is 27.4. The molecule has 0 unspecified atom stereocenters. The SMILES string of the molecule is COc1ccccc1N(C)C(=O)COc1ccc(N2CCCC2=O)cc1. The Morgan fingerprint density at radius 2 is 1.88 bits per heavy atom. The van der Waals surface area contributed by atoms with Gasteiger partial charge in [-0.3, -0.25) is 9.59 Å². The van der Waals surface area contributed by atoms with E-state index in [1.54, 1.807) is 37.3 Å². The molecule has 1 fully saturated rings. The molecule has 6 nitrogen and oxygen atoms in total. The Hall–Kier alpha value is -3.02. The van der Waals surface area contributed by atoms with Gasteiger partial charge in [-0.05, 0) is 42.8 Å². The van der Waals surface area contributed by atoms with E-state index in [1.807, 2.05) is 30.3 Å². The van der Waals surface area contributed by atoms with Gasteiger partial charge in [0.05, 0.1) is 12.8 Å². The van der Waals surface area contributed by atoms with Crippen molar-refractivity contribution in [3.63, 3.8) is 0 Å². The summed E-state index contributed by atoms with van der Waals surface area (Å²) in [5.41, 5.74) is 1.55. The molecule has 2 aromatic rings. The first-order valence-corrected chi connectivity index (χ1v) is 8.53. The molecule has 0 bridgehead atoms. The van der Waals surface area contributed by atoms with Crippen molar-refractivity contribution < 1.29 is 19.1 Å². The zero-order chi connectivity index (χ0) is 18.5. The molecule has 1 aliphatic rings. The summed E-state index contributed by atoms with van der Waals surface area (Å²) < 4.78 is 10.9. The number of amides is 2. The minimum Gasteiger partial charge on any atom is -0.495 e. The molecule has 2 aromatic carbocycles. The summed E-state index contributed by atoms with van der Waals surface area (Å²) in [6.07, 6.45) is 1.49. The third-order valence-electron chi connectivity index (χ3n) is 4.40. The molecule has 2 amide bonds. The molecule has 26 heavy (non-hydrogen) atoms. The molecule has 6 heteroatoms. The first kappa shape index (κ1) is 17.8. The molecule has 0 spiro atoms. The van der Waals surface area contributed by atoms with Crippen LogP contribution in [0.1, 0.15) is 12.8 Å². The molecule has 0 atom stereocenters. The standard InChI is InChI=1S/C20H22N2O4/c1-21(17-6-3-4-7-18(17)25-2)20(24)14-26-16-11-9-15(10-12-16)22-13-5-8-19(22)23/h3-4,6-7,9-12H,5,8,13-14H2,1-2H3.